The zero-order valence-electron chi connectivity index (χ0n) is 7.78. The van der Waals surface area contributed by atoms with E-state index in [0.29, 0.717) is 17.2 Å². The van der Waals surface area contributed by atoms with Crippen molar-refractivity contribution in [2.45, 2.75) is 17.7 Å². The molecule has 2 saturated heterocycles. The third kappa shape index (κ3) is 2.55. The maximum absolute atomic E-state index is 6.24. The highest BCUT2D eigenvalue weighted by Crippen LogP contribution is 2.30. The third-order valence-electron chi connectivity index (χ3n) is 2.78. The molecule has 2 fully saturated rings. The van der Waals surface area contributed by atoms with E-state index in [1.54, 1.807) is 0 Å². The molecule has 76 valence electrons. The summed E-state index contributed by atoms with van der Waals surface area (Å²) in [5.74, 6) is 4.43. The van der Waals surface area contributed by atoms with Crippen LogP contribution in [0, 0.1) is 5.92 Å². The Morgan fingerprint density at radius 3 is 2.92 bits per heavy atom. The van der Waals surface area contributed by atoms with Gasteiger partial charge >= 0.3 is 0 Å². The summed E-state index contributed by atoms with van der Waals surface area (Å²) in [7, 11) is 0. The van der Waals surface area contributed by atoms with Gasteiger partial charge in [0.2, 0.25) is 0 Å². The first-order chi connectivity index (χ1) is 6.38. The molecule has 2 aliphatic rings. The molecular weight excluding hydrogens is 202 g/mol. The third-order valence-corrected chi connectivity index (χ3v) is 5.69. The number of nitrogens with two attached hydrogens (primary N) is 1. The largest absolute Gasteiger partial charge is 0.381 e. The molecule has 13 heavy (non-hydrogen) atoms. The van der Waals surface area contributed by atoms with E-state index in [9.17, 15) is 0 Å². The fourth-order valence-electron chi connectivity index (χ4n) is 1.89. The Balaban J connectivity index is 1.83. The lowest BCUT2D eigenvalue weighted by atomic mass is 9.97. The first-order valence-electron chi connectivity index (χ1n) is 4.90. The average molecular weight is 219 g/mol. The van der Waals surface area contributed by atoms with Gasteiger partial charge in [0.15, 0.2) is 0 Å². The van der Waals surface area contributed by atoms with Crippen LogP contribution in [0.5, 0.6) is 0 Å². The highest BCUT2D eigenvalue weighted by atomic mass is 32.2. The summed E-state index contributed by atoms with van der Waals surface area (Å²) in [5, 5.41) is 0.672. The average Bonchev–Trinajstić information content (AvgIpc) is 2.71. The molecule has 0 aromatic carbocycles. The second kappa shape index (κ2) is 4.91. The molecular formula is C9H17NOS2. The standard InChI is InChI=1S/C9H17NOS2/c10-9(7-1-2-11-5-7)8-6-12-3-4-13-8/h7-9H,1-6,10H2. The molecule has 2 rings (SSSR count). The van der Waals surface area contributed by atoms with Gasteiger partial charge in [-0.1, -0.05) is 0 Å². The quantitative estimate of drug-likeness (QED) is 0.757. The minimum Gasteiger partial charge on any atom is -0.381 e. The first kappa shape index (κ1) is 10.1. The van der Waals surface area contributed by atoms with Gasteiger partial charge in [0.05, 0.1) is 6.61 Å². The highest BCUT2D eigenvalue weighted by molar-refractivity contribution is 8.06. The van der Waals surface area contributed by atoms with Crippen molar-refractivity contribution in [1.82, 2.24) is 0 Å². The normalized spacial score (nSPS) is 37.6. The number of hydrogen-bond acceptors (Lipinski definition) is 4. The predicted octanol–water partition coefficient (Wildman–Crippen LogP) is 1.20. The van der Waals surface area contributed by atoms with Crippen LogP contribution in [0.25, 0.3) is 0 Å². The maximum Gasteiger partial charge on any atom is 0.0510 e. The minimum atomic E-state index is 0.361. The summed E-state index contributed by atoms with van der Waals surface area (Å²) in [6, 6.07) is 0.361. The summed E-state index contributed by atoms with van der Waals surface area (Å²) in [4.78, 5) is 0. The van der Waals surface area contributed by atoms with E-state index in [4.69, 9.17) is 10.5 Å². The van der Waals surface area contributed by atoms with Crippen LogP contribution in [-0.2, 0) is 4.74 Å². The van der Waals surface area contributed by atoms with Crippen molar-refractivity contribution in [2.24, 2.45) is 11.7 Å². The molecule has 0 aromatic rings. The van der Waals surface area contributed by atoms with Gasteiger partial charge in [0.25, 0.3) is 0 Å². The van der Waals surface area contributed by atoms with Crippen LogP contribution in [0.4, 0.5) is 0 Å². The zero-order valence-corrected chi connectivity index (χ0v) is 9.41. The van der Waals surface area contributed by atoms with Gasteiger partial charge in [-0.2, -0.15) is 23.5 Å². The summed E-state index contributed by atoms with van der Waals surface area (Å²) in [5.41, 5.74) is 6.24. The number of ether oxygens (including phenoxy) is 1. The molecule has 0 spiro atoms. The molecule has 0 bridgehead atoms. The van der Waals surface area contributed by atoms with Crippen LogP contribution in [0.1, 0.15) is 6.42 Å². The van der Waals surface area contributed by atoms with E-state index in [2.05, 4.69) is 11.8 Å². The van der Waals surface area contributed by atoms with E-state index in [0.717, 1.165) is 13.2 Å². The Labute approximate surface area is 88.3 Å². The lowest BCUT2D eigenvalue weighted by Crippen LogP contribution is -2.42. The minimum absolute atomic E-state index is 0.361. The molecule has 2 nitrogen and oxygen atoms in total. The van der Waals surface area contributed by atoms with Gasteiger partial charge in [-0.05, 0) is 6.42 Å². The first-order valence-corrected chi connectivity index (χ1v) is 7.11. The molecule has 0 saturated carbocycles. The van der Waals surface area contributed by atoms with Gasteiger partial charge in [-0.15, -0.1) is 0 Å². The Morgan fingerprint density at radius 1 is 1.38 bits per heavy atom. The van der Waals surface area contributed by atoms with Crippen molar-refractivity contribution in [3.8, 4) is 0 Å². The van der Waals surface area contributed by atoms with Gasteiger partial charge in [-0.25, -0.2) is 0 Å². The smallest absolute Gasteiger partial charge is 0.0510 e. The molecule has 0 aliphatic carbocycles. The SMILES string of the molecule is NC(C1CCOC1)C1CSCCS1. The van der Waals surface area contributed by atoms with Crippen molar-refractivity contribution < 1.29 is 4.74 Å². The fraction of sp³-hybridized carbons (Fsp3) is 1.00. The van der Waals surface area contributed by atoms with Gasteiger partial charge in [-0.3, -0.25) is 0 Å². The van der Waals surface area contributed by atoms with E-state index >= 15 is 0 Å². The summed E-state index contributed by atoms with van der Waals surface area (Å²) < 4.78 is 5.37. The van der Waals surface area contributed by atoms with Crippen molar-refractivity contribution in [1.29, 1.82) is 0 Å². The van der Waals surface area contributed by atoms with Crippen LogP contribution in [0.15, 0.2) is 0 Å². The van der Waals surface area contributed by atoms with E-state index in [-0.39, 0.29) is 0 Å². The molecule has 2 aliphatic heterocycles. The summed E-state index contributed by atoms with van der Waals surface area (Å²) >= 11 is 4.11. The molecule has 4 heteroatoms. The molecule has 2 heterocycles. The van der Waals surface area contributed by atoms with E-state index < -0.39 is 0 Å². The fourth-order valence-corrected chi connectivity index (χ4v) is 4.79. The van der Waals surface area contributed by atoms with Crippen LogP contribution in [-0.4, -0.2) is 41.8 Å². The monoisotopic (exact) mass is 219 g/mol. The van der Waals surface area contributed by atoms with Gasteiger partial charge in [0, 0.05) is 41.1 Å². The molecule has 2 N–H and O–H groups in total. The summed E-state index contributed by atoms with van der Waals surface area (Å²) in [6.07, 6.45) is 1.17. The van der Waals surface area contributed by atoms with Crippen LogP contribution >= 0.6 is 23.5 Å². The molecule has 3 atom stereocenters. The summed E-state index contributed by atoms with van der Waals surface area (Å²) in [6.45, 7) is 1.81. The Hall–Kier alpha value is 0.620. The van der Waals surface area contributed by atoms with Gasteiger partial charge in [0.1, 0.15) is 0 Å². The highest BCUT2D eigenvalue weighted by Gasteiger charge is 2.30. The molecule has 3 unspecified atom stereocenters. The van der Waals surface area contributed by atoms with Crippen molar-refractivity contribution in [3.63, 3.8) is 0 Å². The van der Waals surface area contributed by atoms with Crippen LogP contribution < -0.4 is 5.73 Å². The number of thioether (sulfide) groups is 2. The Kier molecular flexibility index (Phi) is 3.84. The Bertz CT molecular complexity index is 156. The lowest BCUT2D eigenvalue weighted by Gasteiger charge is -2.29. The second-order valence-electron chi connectivity index (χ2n) is 3.69. The van der Waals surface area contributed by atoms with Crippen LogP contribution in [0.3, 0.4) is 0 Å². The number of rotatable bonds is 2. The maximum atomic E-state index is 6.24. The van der Waals surface area contributed by atoms with Gasteiger partial charge < -0.3 is 10.5 Å². The molecule has 0 amide bonds. The molecule has 0 aromatic heterocycles. The van der Waals surface area contributed by atoms with E-state index in [1.165, 1.54) is 23.7 Å². The van der Waals surface area contributed by atoms with E-state index in [1.807, 2.05) is 11.8 Å². The van der Waals surface area contributed by atoms with Crippen molar-refractivity contribution in [2.75, 3.05) is 30.5 Å². The number of hydrogen-bond donors (Lipinski definition) is 1. The zero-order chi connectivity index (χ0) is 9.10. The predicted molar refractivity (Wildman–Crippen MR) is 60.5 cm³/mol. The van der Waals surface area contributed by atoms with Crippen LogP contribution in [0.2, 0.25) is 0 Å². The topological polar surface area (TPSA) is 35.2 Å². The molecule has 0 radical (unpaired) electrons. The van der Waals surface area contributed by atoms with Crippen molar-refractivity contribution >= 4 is 23.5 Å². The lowest BCUT2D eigenvalue weighted by molar-refractivity contribution is 0.181. The van der Waals surface area contributed by atoms with Crippen molar-refractivity contribution in [3.05, 3.63) is 0 Å². The second-order valence-corrected chi connectivity index (χ2v) is 6.18. The Morgan fingerprint density at radius 2 is 2.31 bits per heavy atom.